The second kappa shape index (κ2) is 5.73. The van der Waals surface area contributed by atoms with E-state index in [-0.39, 0.29) is 6.04 Å². The van der Waals surface area contributed by atoms with Crippen molar-refractivity contribution < 1.29 is 0 Å². The third-order valence-corrected chi connectivity index (χ3v) is 4.29. The topological polar surface area (TPSA) is 24.9 Å². The Balaban J connectivity index is 2.04. The van der Waals surface area contributed by atoms with Crippen LogP contribution in [0.4, 0.5) is 0 Å². The van der Waals surface area contributed by atoms with E-state index in [9.17, 15) is 0 Å². The summed E-state index contributed by atoms with van der Waals surface area (Å²) in [6.45, 7) is 5.20. The monoisotopic (exact) mass is 282 g/mol. The molecule has 0 spiro atoms. The van der Waals surface area contributed by atoms with Crippen LogP contribution in [0.2, 0.25) is 0 Å². The quantitative estimate of drug-likeness (QED) is 0.771. The van der Waals surface area contributed by atoms with Crippen LogP contribution in [0.5, 0.6) is 0 Å². The highest BCUT2D eigenvalue weighted by atomic mass is 32.1. The van der Waals surface area contributed by atoms with Gasteiger partial charge in [-0.25, -0.2) is 0 Å². The number of pyridine rings is 1. The molecule has 0 aliphatic rings. The number of rotatable bonds is 4. The van der Waals surface area contributed by atoms with Crippen LogP contribution in [0.1, 0.15) is 29.1 Å². The van der Waals surface area contributed by atoms with E-state index in [1.54, 1.807) is 11.3 Å². The maximum absolute atomic E-state index is 4.82. The molecule has 0 saturated carbocycles. The molecule has 2 nitrogen and oxygen atoms in total. The Morgan fingerprint density at radius 2 is 2.05 bits per heavy atom. The van der Waals surface area contributed by atoms with E-state index in [0.29, 0.717) is 0 Å². The largest absolute Gasteiger partial charge is 0.305 e. The molecule has 3 rings (SSSR count). The van der Waals surface area contributed by atoms with Crippen molar-refractivity contribution in [1.82, 2.24) is 10.3 Å². The van der Waals surface area contributed by atoms with Gasteiger partial charge in [0.05, 0.1) is 17.3 Å². The highest BCUT2D eigenvalue weighted by Crippen LogP contribution is 2.26. The molecule has 2 heterocycles. The number of aromatic nitrogens is 1. The molecule has 1 N–H and O–H groups in total. The first-order chi connectivity index (χ1) is 9.78. The maximum Gasteiger partial charge on any atom is 0.0759 e. The fraction of sp³-hybridized carbons (Fsp3) is 0.235. The molecular weight excluding hydrogens is 264 g/mol. The van der Waals surface area contributed by atoms with Crippen molar-refractivity contribution in [3.05, 3.63) is 64.0 Å². The van der Waals surface area contributed by atoms with Crippen LogP contribution >= 0.6 is 11.3 Å². The Hall–Kier alpha value is -1.71. The minimum Gasteiger partial charge on any atom is -0.305 e. The van der Waals surface area contributed by atoms with Crippen molar-refractivity contribution in [2.75, 3.05) is 6.54 Å². The number of fused-ring (bicyclic) bond motifs is 1. The number of para-hydroxylation sites is 1. The van der Waals surface area contributed by atoms with Gasteiger partial charge in [0.2, 0.25) is 0 Å². The molecule has 1 aromatic carbocycles. The average molecular weight is 282 g/mol. The summed E-state index contributed by atoms with van der Waals surface area (Å²) in [7, 11) is 0. The van der Waals surface area contributed by atoms with E-state index in [0.717, 1.165) is 17.8 Å². The van der Waals surface area contributed by atoms with Gasteiger partial charge in [-0.2, -0.15) is 0 Å². The Labute approximate surface area is 123 Å². The summed E-state index contributed by atoms with van der Waals surface area (Å²) in [5.41, 5.74) is 3.44. The maximum atomic E-state index is 4.82. The molecule has 3 aromatic rings. The van der Waals surface area contributed by atoms with Gasteiger partial charge in [-0.05, 0) is 42.6 Å². The van der Waals surface area contributed by atoms with Crippen molar-refractivity contribution >= 4 is 22.2 Å². The molecule has 0 fully saturated rings. The SMILES string of the molecule is CCNC(c1csc(C)c1)c1ccc2ccccc2n1. The summed E-state index contributed by atoms with van der Waals surface area (Å²) in [5.74, 6) is 0. The molecule has 0 amide bonds. The summed E-state index contributed by atoms with van der Waals surface area (Å²) in [5, 5.41) is 6.95. The smallest absolute Gasteiger partial charge is 0.0759 e. The molecule has 1 atom stereocenters. The number of nitrogens with one attached hydrogen (secondary N) is 1. The van der Waals surface area contributed by atoms with Crippen LogP contribution in [-0.2, 0) is 0 Å². The normalized spacial score (nSPS) is 12.7. The summed E-state index contributed by atoms with van der Waals surface area (Å²) >= 11 is 1.79. The predicted octanol–water partition coefficient (Wildman–Crippen LogP) is 4.30. The van der Waals surface area contributed by atoms with Crippen molar-refractivity contribution in [3.8, 4) is 0 Å². The van der Waals surface area contributed by atoms with E-state index in [2.05, 4.69) is 54.9 Å². The Morgan fingerprint density at radius 3 is 2.80 bits per heavy atom. The van der Waals surface area contributed by atoms with E-state index in [4.69, 9.17) is 4.98 Å². The predicted molar refractivity (Wildman–Crippen MR) is 86.3 cm³/mol. The first-order valence-electron chi connectivity index (χ1n) is 6.92. The van der Waals surface area contributed by atoms with Crippen molar-refractivity contribution in [2.24, 2.45) is 0 Å². The van der Waals surface area contributed by atoms with Crippen LogP contribution in [0.3, 0.4) is 0 Å². The number of thiophene rings is 1. The van der Waals surface area contributed by atoms with Crippen LogP contribution in [0, 0.1) is 6.92 Å². The van der Waals surface area contributed by atoms with Gasteiger partial charge in [-0.3, -0.25) is 4.98 Å². The molecule has 0 saturated heterocycles. The van der Waals surface area contributed by atoms with E-state index >= 15 is 0 Å². The molecule has 0 aliphatic heterocycles. The summed E-state index contributed by atoms with van der Waals surface area (Å²) in [6.07, 6.45) is 0. The highest BCUT2D eigenvalue weighted by Gasteiger charge is 2.15. The zero-order chi connectivity index (χ0) is 13.9. The van der Waals surface area contributed by atoms with E-state index in [1.807, 2.05) is 12.1 Å². The van der Waals surface area contributed by atoms with Gasteiger partial charge < -0.3 is 5.32 Å². The number of nitrogens with zero attached hydrogens (tertiary/aromatic N) is 1. The summed E-state index contributed by atoms with van der Waals surface area (Å²) < 4.78 is 0. The van der Waals surface area contributed by atoms with Gasteiger partial charge in [0.15, 0.2) is 0 Å². The molecule has 102 valence electrons. The molecule has 0 aliphatic carbocycles. The fourth-order valence-electron chi connectivity index (χ4n) is 2.45. The molecule has 1 unspecified atom stereocenters. The number of aryl methyl sites for hydroxylation is 1. The number of benzene rings is 1. The minimum absolute atomic E-state index is 0.176. The lowest BCUT2D eigenvalue weighted by Gasteiger charge is -2.17. The van der Waals surface area contributed by atoms with Gasteiger partial charge in [0.1, 0.15) is 0 Å². The Morgan fingerprint density at radius 1 is 1.20 bits per heavy atom. The van der Waals surface area contributed by atoms with Crippen molar-refractivity contribution in [2.45, 2.75) is 19.9 Å². The van der Waals surface area contributed by atoms with Gasteiger partial charge in [-0.1, -0.05) is 31.2 Å². The zero-order valence-corrected chi connectivity index (χ0v) is 12.6. The summed E-state index contributed by atoms with van der Waals surface area (Å²) in [6, 6.07) is 15.0. The zero-order valence-electron chi connectivity index (χ0n) is 11.8. The lowest BCUT2D eigenvalue weighted by molar-refractivity contribution is 0.619. The van der Waals surface area contributed by atoms with Gasteiger partial charge in [0.25, 0.3) is 0 Å². The van der Waals surface area contributed by atoms with Crippen LogP contribution < -0.4 is 5.32 Å². The summed E-state index contributed by atoms with van der Waals surface area (Å²) in [4.78, 5) is 6.16. The van der Waals surface area contributed by atoms with Crippen LogP contribution in [-0.4, -0.2) is 11.5 Å². The van der Waals surface area contributed by atoms with Crippen LogP contribution in [0.25, 0.3) is 10.9 Å². The second-order valence-electron chi connectivity index (χ2n) is 4.91. The van der Waals surface area contributed by atoms with Crippen LogP contribution in [0.15, 0.2) is 47.8 Å². The van der Waals surface area contributed by atoms with Gasteiger partial charge in [-0.15, -0.1) is 11.3 Å². The third kappa shape index (κ3) is 2.60. The van der Waals surface area contributed by atoms with Gasteiger partial charge in [0, 0.05) is 10.3 Å². The average Bonchev–Trinajstić information content (AvgIpc) is 2.90. The Kier molecular flexibility index (Phi) is 3.81. The molecular formula is C17H18N2S. The van der Waals surface area contributed by atoms with E-state index in [1.165, 1.54) is 15.8 Å². The second-order valence-corrected chi connectivity index (χ2v) is 6.03. The minimum atomic E-state index is 0.176. The third-order valence-electron chi connectivity index (χ3n) is 3.41. The number of hydrogen-bond donors (Lipinski definition) is 1. The molecule has 3 heteroatoms. The molecule has 0 bridgehead atoms. The lowest BCUT2D eigenvalue weighted by atomic mass is 10.0. The molecule has 20 heavy (non-hydrogen) atoms. The standard InChI is InChI=1S/C17H18N2S/c1-3-18-17(14-10-12(2)20-11-14)16-9-8-13-6-4-5-7-15(13)19-16/h4-11,17-18H,3H2,1-2H3. The lowest BCUT2D eigenvalue weighted by Crippen LogP contribution is -2.22. The first-order valence-corrected chi connectivity index (χ1v) is 7.80. The Bertz CT molecular complexity index is 718. The fourth-order valence-corrected chi connectivity index (χ4v) is 3.19. The van der Waals surface area contributed by atoms with Crippen molar-refractivity contribution in [3.63, 3.8) is 0 Å². The molecule has 2 aromatic heterocycles. The molecule has 0 radical (unpaired) electrons. The first kappa shape index (κ1) is 13.3. The highest BCUT2D eigenvalue weighted by molar-refractivity contribution is 7.10. The van der Waals surface area contributed by atoms with Gasteiger partial charge >= 0.3 is 0 Å². The van der Waals surface area contributed by atoms with Crippen molar-refractivity contribution in [1.29, 1.82) is 0 Å². The number of hydrogen-bond acceptors (Lipinski definition) is 3. The van der Waals surface area contributed by atoms with E-state index < -0.39 is 0 Å².